The van der Waals surface area contributed by atoms with Gasteiger partial charge in [0.1, 0.15) is 5.75 Å². The smallest absolute Gasteiger partial charge is 0.308 e. The predicted molar refractivity (Wildman–Crippen MR) is 57.6 cm³/mol. The van der Waals surface area contributed by atoms with E-state index >= 15 is 0 Å². The third kappa shape index (κ3) is 3.82. The average molecular weight is 201 g/mol. The summed E-state index contributed by atoms with van der Waals surface area (Å²) in [7, 11) is 0. The zero-order valence-corrected chi connectivity index (χ0v) is 11.3. The molecule has 0 aliphatic carbocycles. The molecule has 0 atom stereocenters. The number of esters is 1. The van der Waals surface area contributed by atoms with Crippen LogP contribution in [0, 0.1) is 6.92 Å². The fraction of sp³-hybridized carbons (Fsp3) is 0.364. The second-order valence-electron chi connectivity index (χ2n) is 3.06. The summed E-state index contributed by atoms with van der Waals surface area (Å²) in [5, 5.41) is 0. The summed E-state index contributed by atoms with van der Waals surface area (Å²) < 4.78 is 5.05. The van der Waals surface area contributed by atoms with E-state index in [1.807, 2.05) is 32.0 Å². The van der Waals surface area contributed by atoms with Crippen LogP contribution in [-0.4, -0.2) is 35.5 Å². The van der Waals surface area contributed by atoms with Crippen LogP contribution in [-0.2, 0) is 11.2 Å². The number of carbonyl (C=O) groups is 1. The Balaban J connectivity index is 0.00000169. The fourth-order valence-electron chi connectivity index (χ4n) is 1.24. The summed E-state index contributed by atoms with van der Waals surface area (Å²) in [4.78, 5) is 10.7. The Morgan fingerprint density at radius 3 is 2.57 bits per heavy atom. The van der Waals surface area contributed by atoms with Crippen molar-refractivity contribution in [3.63, 3.8) is 0 Å². The van der Waals surface area contributed by atoms with E-state index in [0.29, 0.717) is 5.75 Å². The molecule has 1 aromatic carbocycles. The Kier molecular flexibility index (Phi) is 6.09. The zero-order valence-electron chi connectivity index (χ0n) is 9.26. The molecule has 0 aromatic heterocycles. The molecule has 0 fully saturated rings. The van der Waals surface area contributed by atoms with Gasteiger partial charge < -0.3 is 4.74 Å². The van der Waals surface area contributed by atoms with Crippen molar-refractivity contribution in [1.82, 2.24) is 0 Å². The quantitative estimate of drug-likeness (QED) is 0.416. The third-order valence-electron chi connectivity index (χ3n) is 1.85. The van der Waals surface area contributed by atoms with E-state index in [1.165, 1.54) is 12.5 Å². The summed E-state index contributed by atoms with van der Waals surface area (Å²) >= 11 is 0. The number of benzene rings is 1. The van der Waals surface area contributed by atoms with Gasteiger partial charge in [0.15, 0.2) is 0 Å². The van der Waals surface area contributed by atoms with Gasteiger partial charge in [-0.3, -0.25) is 4.79 Å². The predicted octanol–water partition coefficient (Wildman–Crippen LogP) is 2.10. The molecule has 0 bridgehead atoms. The maximum atomic E-state index is 10.7. The fourth-order valence-corrected chi connectivity index (χ4v) is 1.24. The molecule has 0 heterocycles. The SMILES string of the molecule is CCc1cc(C)ccc1OC(C)=O.[Na]. The van der Waals surface area contributed by atoms with Crippen molar-refractivity contribution in [3.05, 3.63) is 29.3 Å². The van der Waals surface area contributed by atoms with Gasteiger partial charge in [-0.05, 0) is 25.0 Å². The van der Waals surface area contributed by atoms with Gasteiger partial charge >= 0.3 is 5.97 Å². The molecule has 1 radical (unpaired) electrons. The molecule has 0 saturated carbocycles. The molecule has 0 aliphatic rings. The van der Waals surface area contributed by atoms with Gasteiger partial charge in [0, 0.05) is 36.5 Å². The molecule has 0 N–H and O–H groups in total. The molecular weight excluding hydrogens is 187 g/mol. The van der Waals surface area contributed by atoms with Crippen molar-refractivity contribution in [2.24, 2.45) is 0 Å². The Morgan fingerprint density at radius 1 is 1.43 bits per heavy atom. The van der Waals surface area contributed by atoms with Crippen molar-refractivity contribution in [3.8, 4) is 5.75 Å². The summed E-state index contributed by atoms with van der Waals surface area (Å²) in [5.41, 5.74) is 2.27. The Morgan fingerprint density at radius 2 is 2.07 bits per heavy atom. The minimum atomic E-state index is -0.265. The Hall–Kier alpha value is -0.310. The maximum Gasteiger partial charge on any atom is 0.308 e. The minimum Gasteiger partial charge on any atom is -0.426 e. The van der Waals surface area contributed by atoms with Crippen LogP contribution in [0.4, 0.5) is 0 Å². The molecule has 1 aromatic rings. The second kappa shape index (κ2) is 6.23. The van der Waals surface area contributed by atoms with Crippen LogP contribution in [0.5, 0.6) is 5.75 Å². The number of ether oxygens (including phenoxy) is 1. The van der Waals surface area contributed by atoms with Gasteiger partial charge in [0.2, 0.25) is 0 Å². The maximum absolute atomic E-state index is 10.7. The minimum absolute atomic E-state index is 0. The zero-order chi connectivity index (χ0) is 9.84. The molecule has 0 amide bonds. The normalized spacial score (nSPS) is 9.07. The van der Waals surface area contributed by atoms with Gasteiger partial charge in [-0.15, -0.1) is 0 Å². The molecule has 0 aliphatic heterocycles. The second-order valence-corrected chi connectivity index (χ2v) is 3.06. The molecule has 0 saturated heterocycles. The Bertz CT molecular complexity index is 321. The van der Waals surface area contributed by atoms with Crippen LogP contribution in [0.25, 0.3) is 0 Å². The van der Waals surface area contributed by atoms with E-state index in [-0.39, 0.29) is 35.5 Å². The largest absolute Gasteiger partial charge is 0.426 e. The topological polar surface area (TPSA) is 26.3 Å². The van der Waals surface area contributed by atoms with E-state index in [0.717, 1.165) is 12.0 Å². The van der Waals surface area contributed by atoms with Crippen molar-refractivity contribution in [2.45, 2.75) is 27.2 Å². The van der Waals surface area contributed by atoms with Crippen molar-refractivity contribution in [1.29, 1.82) is 0 Å². The third-order valence-corrected chi connectivity index (χ3v) is 1.85. The van der Waals surface area contributed by atoms with E-state index in [9.17, 15) is 4.79 Å². The molecule has 0 unspecified atom stereocenters. The van der Waals surface area contributed by atoms with Crippen LogP contribution in [0.3, 0.4) is 0 Å². The monoisotopic (exact) mass is 201 g/mol. The number of hydrogen-bond acceptors (Lipinski definition) is 2. The van der Waals surface area contributed by atoms with Gasteiger partial charge in [0.05, 0.1) is 0 Å². The molecular formula is C11H14NaO2. The van der Waals surface area contributed by atoms with E-state index in [1.54, 1.807) is 0 Å². The molecule has 0 spiro atoms. The van der Waals surface area contributed by atoms with Crippen LogP contribution in [0.15, 0.2) is 18.2 Å². The summed E-state index contributed by atoms with van der Waals surface area (Å²) in [6, 6.07) is 5.82. The molecule has 1 rings (SSSR count). The Labute approximate surface area is 107 Å². The van der Waals surface area contributed by atoms with Gasteiger partial charge in [0.25, 0.3) is 0 Å². The first-order valence-electron chi connectivity index (χ1n) is 4.41. The van der Waals surface area contributed by atoms with Crippen molar-refractivity contribution in [2.75, 3.05) is 0 Å². The first kappa shape index (κ1) is 13.7. The number of aryl methyl sites for hydroxylation is 2. The van der Waals surface area contributed by atoms with Gasteiger partial charge in [-0.25, -0.2) is 0 Å². The van der Waals surface area contributed by atoms with Gasteiger partial charge in [-0.1, -0.05) is 24.6 Å². The molecule has 71 valence electrons. The van der Waals surface area contributed by atoms with Crippen molar-refractivity contribution >= 4 is 35.5 Å². The van der Waals surface area contributed by atoms with E-state index in [4.69, 9.17) is 4.74 Å². The number of hydrogen-bond donors (Lipinski definition) is 0. The van der Waals surface area contributed by atoms with Crippen LogP contribution >= 0.6 is 0 Å². The first-order chi connectivity index (χ1) is 6.13. The first-order valence-corrected chi connectivity index (χ1v) is 4.41. The average Bonchev–Trinajstić information content (AvgIpc) is 2.07. The van der Waals surface area contributed by atoms with E-state index in [2.05, 4.69) is 0 Å². The van der Waals surface area contributed by atoms with Crippen LogP contribution in [0.2, 0.25) is 0 Å². The van der Waals surface area contributed by atoms with Gasteiger partial charge in [-0.2, -0.15) is 0 Å². The number of carbonyl (C=O) groups excluding carboxylic acids is 1. The molecule has 3 heteroatoms. The standard InChI is InChI=1S/C11H14O2.Na/c1-4-10-7-8(2)5-6-11(10)13-9(3)12;/h5-7H,4H2,1-3H3;. The van der Waals surface area contributed by atoms with Crippen LogP contribution in [0.1, 0.15) is 25.0 Å². The van der Waals surface area contributed by atoms with E-state index < -0.39 is 0 Å². The molecule has 14 heavy (non-hydrogen) atoms. The van der Waals surface area contributed by atoms with Crippen molar-refractivity contribution < 1.29 is 9.53 Å². The van der Waals surface area contributed by atoms with Crippen LogP contribution < -0.4 is 4.74 Å². The molecule has 2 nitrogen and oxygen atoms in total. The number of rotatable bonds is 2. The summed E-state index contributed by atoms with van der Waals surface area (Å²) in [6.07, 6.45) is 0.879. The summed E-state index contributed by atoms with van der Waals surface area (Å²) in [6.45, 7) is 5.48. The summed E-state index contributed by atoms with van der Waals surface area (Å²) in [5.74, 6) is 0.416.